The summed E-state index contributed by atoms with van der Waals surface area (Å²) in [5, 5.41) is 10.9. The Morgan fingerprint density at radius 1 is 0.889 bits per heavy atom. The summed E-state index contributed by atoms with van der Waals surface area (Å²) in [7, 11) is 5.15. The van der Waals surface area contributed by atoms with Crippen LogP contribution in [0, 0.1) is 0 Å². The molecule has 5 N–H and O–H groups in total. The van der Waals surface area contributed by atoms with Crippen LogP contribution in [0.2, 0.25) is 0 Å². The van der Waals surface area contributed by atoms with Crippen molar-refractivity contribution in [2.45, 2.75) is 0 Å². The van der Waals surface area contributed by atoms with Gasteiger partial charge in [0.05, 0.1) is 6.26 Å². The molecule has 0 rings (SSSR count). The molecule has 110 valence electrons. The molecule has 10 heteroatoms. The van der Waals surface area contributed by atoms with E-state index in [0.717, 1.165) is 6.26 Å². The Kier molecular flexibility index (Phi) is 17.1. The van der Waals surface area contributed by atoms with E-state index in [-0.39, 0.29) is 6.03 Å². The summed E-state index contributed by atoms with van der Waals surface area (Å²) in [4.78, 5) is 9.96. The molecule has 0 aliphatic rings. The van der Waals surface area contributed by atoms with Crippen LogP contribution in [0.1, 0.15) is 0 Å². The summed E-state index contributed by atoms with van der Waals surface area (Å²) in [6.45, 7) is 0. The van der Waals surface area contributed by atoms with Crippen molar-refractivity contribution in [1.82, 2.24) is 26.0 Å². The number of sulfonamides is 1. The maximum atomic E-state index is 9.96. The third kappa shape index (κ3) is 29.4. The van der Waals surface area contributed by atoms with Crippen molar-refractivity contribution in [3.63, 3.8) is 0 Å². The highest BCUT2D eigenvalue weighted by atomic mass is 32.2. The second kappa shape index (κ2) is 13.9. The lowest BCUT2D eigenvalue weighted by Crippen LogP contribution is -2.28. The van der Waals surface area contributed by atoms with Crippen LogP contribution in [-0.2, 0) is 10.0 Å². The van der Waals surface area contributed by atoms with Gasteiger partial charge in [-0.05, 0) is 19.3 Å². The van der Waals surface area contributed by atoms with Crippen molar-refractivity contribution in [3.05, 3.63) is 0 Å². The van der Waals surface area contributed by atoms with Gasteiger partial charge in [-0.2, -0.15) is 0 Å². The quantitative estimate of drug-likeness (QED) is 0.374. The predicted octanol–water partition coefficient (Wildman–Crippen LogP) is -1.58. The topological polar surface area (TPSA) is 111 Å². The molecule has 0 atom stereocenters. The lowest BCUT2D eigenvalue weighted by atomic mass is 11.0. The molecule has 0 bridgehead atoms. The highest BCUT2D eigenvalue weighted by molar-refractivity contribution is 7.88. The van der Waals surface area contributed by atoms with E-state index in [4.69, 9.17) is 0 Å². The van der Waals surface area contributed by atoms with Crippen LogP contribution in [0.15, 0.2) is 0 Å². The number of amides is 2. The molecule has 0 saturated carbocycles. The number of carbonyl (C=O) groups excluding carboxylic acids is 1. The molecule has 0 heterocycles. The number of thiocarbonyl (C=S) groups is 1. The zero-order chi connectivity index (χ0) is 15.2. The Labute approximate surface area is 114 Å². The van der Waals surface area contributed by atoms with Crippen molar-refractivity contribution in [1.29, 1.82) is 0 Å². The largest absolute Gasteiger partial charge is 0.366 e. The van der Waals surface area contributed by atoms with E-state index in [2.05, 4.69) is 38.2 Å². The Morgan fingerprint density at radius 3 is 1.17 bits per heavy atom. The van der Waals surface area contributed by atoms with E-state index in [9.17, 15) is 13.2 Å². The first kappa shape index (κ1) is 22.1. The third-order valence-corrected chi connectivity index (χ3v) is 2.43. The van der Waals surface area contributed by atoms with E-state index in [1.54, 1.807) is 28.2 Å². The molecule has 18 heavy (non-hydrogen) atoms. The molecular formula is C8H23N5O3S2. The second-order valence-corrected chi connectivity index (χ2v) is 5.00. The van der Waals surface area contributed by atoms with Crippen LogP contribution < -0.4 is 26.0 Å². The van der Waals surface area contributed by atoms with Gasteiger partial charge in [0.2, 0.25) is 10.0 Å². The average molecular weight is 301 g/mol. The van der Waals surface area contributed by atoms with Gasteiger partial charge in [0.1, 0.15) is 0 Å². The minimum Gasteiger partial charge on any atom is -0.366 e. The maximum Gasteiger partial charge on any atom is 0.314 e. The fourth-order valence-corrected chi connectivity index (χ4v) is 0.250. The van der Waals surface area contributed by atoms with Gasteiger partial charge in [-0.25, -0.2) is 17.9 Å². The SMILES string of the molecule is CNC(=O)NC.CNC(=S)NC.CNS(C)(=O)=O. The Morgan fingerprint density at radius 2 is 1.17 bits per heavy atom. The van der Waals surface area contributed by atoms with Crippen LogP contribution in [0.5, 0.6) is 0 Å². The fraction of sp³-hybridized carbons (Fsp3) is 0.750. The molecule has 8 nitrogen and oxygen atoms in total. The Hall–Kier alpha value is -1.13. The Balaban J connectivity index is -0.000000187. The zero-order valence-corrected chi connectivity index (χ0v) is 13.2. The molecule has 0 radical (unpaired) electrons. The molecule has 0 unspecified atom stereocenters. The van der Waals surface area contributed by atoms with E-state index >= 15 is 0 Å². The number of urea groups is 1. The highest BCUT2D eigenvalue weighted by Crippen LogP contribution is 1.62. The molecule has 0 spiro atoms. The molecule has 0 aromatic heterocycles. The smallest absolute Gasteiger partial charge is 0.314 e. The van der Waals surface area contributed by atoms with Crippen molar-refractivity contribution < 1.29 is 13.2 Å². The lowest BCUT2D eigenvalue weighted by molar-refractivity contribution is 0.245. The van der Waals surface area contributed by atoms with Crippen molar-refractivity contribution in [2.24, 2.45) is 0 Å². The van der Waals surface area contributed by atoms with Crippen LogP contribution >= 0.6 is 12.2 Å². The van der Waals surface area contributed by atoms with E-state index in [1.165, 1.54) is 7.05 Å². The molecular weight excluding hydrogens is 278 g/mol. The lowest BCUT2D eigenvalue weighted by Gasteiger charge is -1.95. The van der Waals surface area contributed by atoms with Gasteiger partial charge in [0, 0.05) is 28.2 Å². The summed E-state index contributed by atoms with van der Waals surface area (Å²) in [5.74, 6) is 0. The molecule has 0 fully saturated rings. The first-order chi connectivity index (χ1) is 8.18. The molecule has 0 aromatic carbocycles. The highest BCUT2D eigenvalue weighted by Gasteiger charge is 1.88. The summed E-state index contributed by atoms with van der Waals surface area (Å²) >= 11 is 4.63. The number of nitrogens with one attached hydrogen (secondary N) is 5. The molecule has 0 aromatic rings. The van der Waals surface area contributed by atoms with Crippen LogP contribution in [0.25, 0.3) is 0 Å². The van der Waals surface area contributed by atoms with E-state index < -0.39 is 10.0 Å². The van der Waals surface area contributed by atoms with Crippen LogP contribution in [-0.4, -0.2) is 61.1 Å². The number of rotatable bonds is 1. The third-order valence-electron chi connectivity index (χ3n) is 1.28. The summed E-state index contributed by atoms with van der Waals surface area (Å²) in [6.07, 6.45) is 1.10. The van der Waals surface area contributed by atoms with E-state index in [1.807, 2.05) is 0 Å². The van der Waals surface area contributed by atoms with Gasteiger partial charge in [-0.3, -0.25) is 0 Å². The first-order valence-electron chi connectivity index (χ1n) is 4.85. The maximum absolute atomic E-state index is 9.96. The van der Waals surface area contributed by atoms with Gasteiger partial charge >= 0.3 is 6.03 Å². The van der Waals surface area contributed by atoms with Gasteiger partial charge < -0.3 is 21.3 Å². The number of hydrogen-bond donors (Lipinski definition) is 5. The summed E-state index contributed by atoms with van der Waals surface area (Å²) in [5.41, 5.74) is 0. The van der Waals surface area contributed by atoms with Crippen molar-refractivity contribution in [2.75, 3.05) is 41.5 Å². The van der Waals surface area contributed by atoms with Crippen molar-refractivity contribution in [3.8, 4) is 0 Å². The van der Waals surface area contributed by atoms with Gasteiger partial charge in [-0.1, -0.05) is 0 Å². The first-order valence-corrected chi connectivity index (χ1v) is 7.15. The molecule has 0 saturated heterocycles. The average Bonchev–Trinajstić information content (AvgIpc) is 2.37. The van der Waals surface area contributed by atoms with Crippen molar-refractivity contribution >= 4 is 33.4 Å². The second-order valence-electron chi connectivity index (χ2n) is 2.63. The number of carbonyl (C=O) groups is 1. The van der Waals surface area contributed by atoms with Gasteiger partial charge in [-0.15, -0.1) is 0 Å². The zero-order valence-electron chi connectivity index (χ0n) is 11.5. The monoisotopic (exact) mass is 301 g/mol. The Bertz CT molecular complexity index is 291. The predicted molar refractivity (Wildman–Crippen MR) is 78.1 cm³/mol. The fourth-order valence-electron chi connectivity index (χ4n) is 0.250. The summed E-state index contributed by atoms with van der Waals surface area (Å²) < 4.78 is 21.9. The molecule has 0 aliphatic carbocycles. The summed E-state index contributed by atoms with van der Waals surface area (Å²) in [6, 6.07) is -0.157. The van der Waals surface area contributed by atoms with Crippen LogP contribution in [0.3, 0.4) is 0 Å². The molecule has 0 aliphatic heterocycles. The molecule has 2 amide bonds. The van der Waals surface area contributed by atoms with E-state index in [0.29, 0.717) is 5.11 Å². The normalized spacial score (nSPS) is 8.56. The standard InChI is InChI=1S/C3H8N2O.C3H8N2S.C2H7NO2S/c2*1-4-3(6)5-2;1-3-6(2,4)5/h2*1-2H3,(H2,4,5,6);3H,1-2H3. The van der Waals surface area contributed by atoms with Gasteiger partial charge in [0.25, 0.3) is 0 Å². The number of hydrogen-bond acceptors (Lipinski definition) is 4. The van der Waals surface area contributed by atoms with Crippen LogP contribution in [0.4, 0.5) is 4.79 Å². The van der Waals surface area contributed by atoms with Gasteiger partial charge in [0.15, 0.2) is 5.11 Å². The minimum absolute atomic E-state index is 0.157. The minimum atomic E-state index is -2.91.